The van der Waals surface area contributed by atoms with E-state index < -0.39 is 0 Å². The summed E-state index contributed by atoms with van der Waals surface area (Å²) in [6.07, 6.45) is 27.0. The summed E-state index contributed by atoms with van der Waals surface area (Å²) in [5, 5.41) is 0. The lowest BCUT2D eigenvalue weighted by Crippen LogP contribution is -1.87. The molecule has 0 radical (unpaired) electrons. The topological polar surface area (TPSA) is 32.9 Å². The summed E-state index contributed by atoms with van der Waals surface area (Å²) in [5.74, 6) is 0. The first kappa shape index (κ1) is 22.7. The van der Waals surface area contributed by atoms with Crippen molar-refractivity contribution in [3.8, 4) is 0 Å². The molecule has 0 bridgehead atoms. The van der Waals surface area contributed by atoms with Crippen LogP contribution in [0.4, 0.5) is 0 Å². The quantitative estimate of drug-likeness (QED) is 0.162. The number of aryl methyl sites for hydroxylation is 1. The fraction of sp³-hybridized carbons (Fsp3) is 0.708. The highest BCUT2D eigenvalue weighted by atomic mass is 16.1. The number of carbonyl (C=O) groups is 1. The first-order valence-electron chi connectivity index (χ1n) is 11.1. The Labute approximate surface area is 161 Å². The van der Waals surface area contributed by atoms with E-state index in [0.29, 0.717) is 5.69 Å². The predicted molar refractivity (Wildman–Crippen MR) is 114 cm³/mol. The van der Waals surface area contributed by atoms with Crippen LogP contribution in [0.5, 0.6) is 0 Å². The largest absolute Gasteiger partial charge is 0.356 e. The molecule has 2 heteroatoms. The molecule has 1 N–H and O–H groups in total. The van der Waals surface area contributed by atoms with Crippen LogP contribution in [-0.4, -0.2) is 11.3 Å². The molecular weight excluding hydrogens is 318 g/mol. The molecule has 0 amide bonds. The van der Waals surface area contributed by atoms with Gasteiger partial charge in [0.2, 0.25) is 0 Å². The fourth-order valence-electron chi connectivity index (χ4n) is 3.41. The smallest absolute Gasteiger partial charge is 0.166 e. The van der Waals surface area contributed by atoms with Crippen molar-refractivity contribution in [2.45, 2.75) is 110 Å². The zero-order valence-corrected chi connectivity index (χ0v) is 17.1. The number of rotatable bonds is 18. The van der Waals surface area contributed by atoms with Crippen LogP contribution in [0.15, 0.2) is 24.3 Å². The first-order valence-corrected chi connectivity index (χ1v) is 11.1. The van der Waals surface area contributed by atoms with Crippen LogP contribution in [0.3, 0.4) is 0 Å². The van der Waals surface area contributed by atoms with E-state index in [1.807, 2.05) is 12.1 Å². The molecule has 26 heavy (non-hydrogen) atoms. The van der Waals surface area contributed by atoms with Crippen molar-refractivity contribution in [3.05, 3.63) is 35.7 Å². The van der Waals surface area contributed by atoms with Gasteiger partial charge >= 0.3 is 0 Å². The Balaban J connectivity index is 1.78. The van der Waals surface area contributed by atoms with Crippen LogP contribution in [0, 0.1) is 0 Å². The second-order valence-corrected chi connectivity index (χ2v) is 7.60. The van der Waals surface area contributed by atoms with Gasteiger partial charge in [0.05, 0.1) is 5.69 Å². The molecule has 0 aliphatic heterocycles. The SMILES string of the molecule is CCCCCCCCCC=CCCCCCCCCc1ccc(C=O)[nH]1. The average Bonchev–Trinajstić information content (AvgIpc) is 3.12. The van der Waals surface area contributed by atoms with Crippen molar-refractivity contribution in [1.82, 2.24) is 4.98 Å². The number of hydrogen-bond acceptors (Lipinski definition) is 1. The number of nitrogens with one attached hydrogen (secondary N) is 1. The van der Waals surface area contributed by atoms with Gasteiger partial charge in [0.1, 0.15) is 0 Å². The van der Waals surface area contributed by atoms with Crippen LogP contribution in [0.2, 0.25) is 0 Å². The fourth-order valence-corrected chi connectivity index (χ4v) is 3.41. The Hall–Kier alpha value is -1.31. The van der Waals surface area contributed by atoms with Crippen LogP contribution >= 0.6 is 0 Å². The molecule has 1 rings (SSSR count). The van der Waals surface area contributed by atoms with E-state index in [-0.39, 0.29) is 0 Å². The molecule has 1 heterocycles. The van der Waals surface area contributed by atoms with E-state index >= 15 is 0 Å². The highest BCUT2D eigenvalue weighted by molar-refractivity contribution is 5.71. The van der Waals surface area contributed by atoms with Crippen molar-refractivity contribution in [3.63, 3.8) is 0 Å². The second-order valence-electron chi connectivity index (χ2n) is 7.60. The van der Waals surface area contributed by atoms with Gasteiger partial charge in [0.25, 0.3) is 0 Å². The van der Waals surface area contributed by atoms with Crippen molar-refractivity contribution < 1.29 is 4.79 Å². The minimum Gasteiger partial charge on any atom is -0.356 e. The number of H-pyrrole nitrogens is 1. The Morgan fingerprint density at radius 1 is 0.731 bits per heavy atom. The second kappa shape index (κ2) is 17.1. The van der Waals surface area contributed by atoms with Gasteiger partial charge in [-0.2, -0.15) is 0 Å². The monoisotopic (exact) mass is 359 g/mol. The average molecular weight is 360 g/mol. The molecule has 1 aromatic heterocycles. The van der Waals surface area contributed by atoms with Crippen LogP contribution < -0.4 is 0 Å². The number of unbranched alkanes of at least 4 members (excludes halogenated alkanes) is 13. The Morgan fingerprint density at radius 3 is 1.81 bits per heavy atom. The maximum Gasteiger partial charge on any atom is 0.166 e. The molecule has 0 saturated heterocycles. The highest BCUT2D eigenvalue weighted by Crippen LogP contribution is 2.12. The number of hydrogen-bond donors (Lipinski definition) is 1. The first-order chi connectivity index (χ1) is 12.9. The number of allylic oxidation sites excluding steroid dienone is 2. The van der Waals surface area contributed by atoms with E-state index in [2.05, 4.69) is 24.1 Å². The lowest BCUT2D eigenvalue weighted by molar-refractivity contribution is 0.111. The van der Waals surface area contributed by atoms with Crippen LogP contribution in [-0.2, 0) is 6.42 Å². The van der Waals surface area contributed by atoms with Gasteiger partial charge in [0, 0.05) is 5.69 Å². The summed E-state index contributed by atoms with van der Waals surface area (Å²) in [7, 11) is 0. The molecule has 0 unspecified atom stereocenters. The van der Waals surface area contributed by atoms with Gasteiger partial charge in [0.15, 0.2) is 6.29 Å². The van der Waals surface area contributed by atoms with Gasteiger partial charge in [-0.1, -0.05) is 83.3 Å². The maximum atomic E-state index is 10.6. The highest BCUT2D eigenvalue weighted by Gasteiger charge is 1.98. The molecule has 0 aliphatic carbocycles. The van der Waals surface area contributed by atoms with Gasteiger partial charge in [-0.3, -0.25) is 4.79 Å². The number of carbonyl (C=O) groups excluding carboxylic acids is 1. The third-order valence-corrected chi connectivity index (χ3v) is 5.10. The van der Waals surface area contributed by atoms with Crippen molar-refractivity contribution in [2.24, 2.45) is 0 Å². The van der Waals surface area contributed by atoms with E-state index in [1.165, 1.54) is 102 Å². The summed E-state index contributed by atoms with van der Waals surface area (Å²) in [6, 6.07) is 3.89. The summed E-state index contributed by atoms with van der Waals surface area (Å²) in [5.41, 5.74) is 1.89. The van der Waals surface area contributed by atoms with Gasteiger partial charge in [-0.15, -0.1) is 0 Å². The number of aromatic amines is 1. The minimum absolute atomic E-state index is 0.694. The van der Waals surface area contributed by atoms with E-state index in [9.17, 15) is 4.79 Å². The number of aldehydes is 1. The number of aromatic nitrogens is 1. The minimum atomic E-state index is 0.694. The summed E-state index contributed by atoms with van der Waals surface area (Å²) in [6.45, 7) is 2.28. The summed E-state index contributed by atoms with van der Waals surface area (Å²) in [4.78, 5) is 13.8. The molecular formula is C24H41NO. The molecule has 2 nitrogen and oxygen atoms in total. The van der Waals surface area contributed by atoms with Crippen molar-refractivity contribution in [1.29, 1.82) is 0 Å². The van der Waals surface area contributed by atoms with Crippen LogP contribution in [0.25, 0.3) is 0 Å². The Morgan fingerprint density at radius 2 is 1.27 bits per heavy atom. The van der Waals surface area contributed by atoms with Gasteiger partial charge < -0.3 is 4.98 Å². The van der Waals surface area contributed by atoms with Gasteiger partial charge in [-0.25, -0.2) is 0 Å². The molecule has 1 aromatic rings. The lowest BCUT2D eigenvalue weighted by Gasteiger charge is -2.01. The zero-order valence-electron chi connectivity index (χ0n) is 17.1. The van der Waals surface area contributed by atoms with E-state index in [4.69, 9.17) is 0 Å². The third-order valence-electron chi connectivity index (χ3n) is 5.10. The Bertz CT molecular complexity index is 461. The lowest BCUT2D eigenvalue weighted by atomic mass is 10.1. The molecule has 0 saturated carbocycles. The normalized spacial score (nSPS) is 11.4. The molecule has 0 fully saturated rings. The van der Waals surface area contributed by atoms with Crippen LogP contribution in [0.1, 0.15) is 119 Å². The molecule has 0 aliphatic rings. The molecule has 0 atom stereocenters. The zero-order chi connectivity index (χ0) is 18.7. The van der Waals surface area contributed by atoms with E-state index in [1.54, 1.807) is 0 Å². The summed E-state index contributed by atoms with van der Waals surface area (Å²) >= 11 is 0. The van der Waals surface area contributed by atoms with Gasteiger partial charge in [-0.05, 0) is 50.7 Å². The Kier molecular flexibility index (Phi) is 15.0. The molecule has 0 aromatic carbocycles. The predicted octanol–water partition coefficient (Wildman–Crippen LogP) is 7.80. The van der Waals surface area contributed by atoms with Crippen molar-refractivity contribution >= 4 is 6.29 Å². The standard InChI is InChI=1S/C24H41NO/c1-2-3-4-5-6-7-8-9-10-11-12-13-14-15-16-17-18-19-23-20-21-24(22-26)25-23/h10-11,20-22,25H,2-9,12-19H2,1H3. The van der Waals surface area contributed by atoms with Crippen molar-refractivity contribution in [2.75, 3.05) is 0 Å². The maximum absolute atomic E-state index is 10.6. The summed E-state index contributed by atoms with van der Waals surface area (Å²) < 4.78 is 0. The molecule has 148 valence electrons. The third kappa shape index (κ3) is 13.0. The molecule has 0 spiro atoms. The van der Waals surface area contributed by atoms with E-state index in [0.717, 1.165) is 12.7 Å².